The SMILES string of the molecule is CSc1ccc(CN2CCOC(C(C)N)C2)cc1. The smallest absolute Gasteiger partial charge is 0.0850 e. The Morgan fingerprint density at radius 2 is 2.17 bits per heavy atom. The predicted octanol–water partition coefficient (Wildman–Crippen LogP) is 1.96. The Labute approximate surface area is 114 Å². The number of ether oxygens (including phenoxy) is 1. The molecule has 0 bridgehead atoms. The van der Waals surface area contributed by atoms with Gasteiger partial charge in [0.25, 0.3) is 0 Å². The molecule has 0 amide bonds. The summed E-state index contributed by atoms with van der Waals surface area (Å²) in [7, 11) is 0. The van der Waals surface area contributed by atoms with Crippen LogP contribution in [-0.2, 0) is 11.3 Å². The highest BCUT2D eigenvalue weighted by Gasteiger charge is 2.23. The normalized spacial score (nSPS) is 22.9. The van der Waals surface area contributed by atoms with E-state index in [-0.39, 0.29) is 12.1 Å². The Hall–Kier alpha value is -0.550. The number of hydrogen-bond donors (Lipinski definition) is 1. The Balaban J connectivity index is 1.91. The van der Waals surface area contributed by atoms with Gasteiger partial charge >= 0.3 is 0 Å². The van der Waals surface area contributed by atoms with Crippen molar-refractivity contribution in [2.75, 3.05) is 26.0 Å². The van der Waals surface area contributed by atoms with Gasteiger partial charge in [-0.3, -0.25) is 4.90 Å². The van der Waals surface area contributed by atoms with Crippen LogP contribution < -0.4 is 5.73 Å². The molecule has 0 spiro atoms. The van der Waals surface area contributed by atoms with Crippen LogP contribution in [0.5, 0.6) is 0 Å². The van der Waals surface area contributed by atoms with Gasteiger partial charge in [-0.05, 0) is 30.9 Å². The van der Waals surface area contributed by atoms with Gasteiger partial charge in [0.15, 0.2) is 0 Å². The van der Waals surface area contributed by atoms with E-state index >= 15 is 0 Å². The number of hydrogen-bond acceptors (Lipinski definition) is 4. The molecule has 1 heterocycles. The molecule has 2 rings (SSSR count). The zero-order valence-electron chi connectivity index (χ0n) is 11.1. The summed E-state index contributed by atoms with van der Waals surface area (Å²) in [6.07, 6.45) is 2.27. The number of nitrogens with two attached hydrogens (primary N) is 1. The summed E-state index contributed by atoms with van der Waals surface area (Å²) >= 11 is 1.78. The molecule has 18 heavy (non-hydrogen) atoms. The van der Waals surface area contributed by atoms with E-state index in [0.717, 1.165) is 26.2 Å². The molecule has 100 valence electrons. The first-order valence-corrected chi connectivity index (χ1v) is 7.64. The molecule has 4 heteroatoms. The minimum atomic E-state index is 0.103. The third kappa shape index (κ3) is 3.72. The molecule has 0 radical (unpaired) electrons. The summed E-state index contributed by atoms with van der Waals surface area (Å²) < 4.78 is 5.67. The first kappa shape index (κ1) is 13.9. The standard InChI is InChI=1S/C14H22N2OS/c1-11(15)14-10-16(7-8-17-14)9-12-3-5-13(18-2)6-4-12/h3-6,11,14H,7-10,15H2,1-2H3. The topological polar surface area (TPSA) is 38.5 Å². The quantitative estimate of drug-likeness (QED) is 0.846. The maximum Gasteiger partial charge on any atom is 0.0850 e. The lowest BCUT2D eigenvalue weighted by atomic mass is 10.1. The number of rotatable bonds is 4. The molecule has 0 aromatic heterocycles. The second-order valence-electron chi connectivity index (χ2n) is 4.85. The van der Waals surface area contributed by atoms with Crippen molar-refractivity contribution in [3.8, 4) is 0 Å². The van der Waals surface area contributed by atoms with Crippen molar-refractivity contribution < 1.29 is 4.74 Å². The molecule has 1 aliphatic rings. The molecule has 3 nitrogen and oxygen atoms in total. The highest BCUT2D eigenvalue weighted by Crippen LogP contribution is 2.17. The van der Waals surface area contributed by atoms with Crippen LogP contribution in [0.4, 0.5) is 0 Å². The summed E-state index contributed by atoms with van der Waals surface area (Å²) in [5.74, 6) is 0. The van der Waals surface area contributed by atoms with E-state index in [4.69, 9.17) is 10.5 Å². The average molecular weight is 266 g/mol. The number of thioether (sulfide) groups is 1. The monoisotopic (exact) mass is 266 g/mol. The van der Waals surface area contributed by atoms with Crippen LogP contribution in [0.25, 0.3) is 0 Å². The van der Waals surface area contributed by atoms with E-state index in [2.05, 4.69) is 35.4 Å². The van der Waals surface area contributed by atoms with Crippen LogP contribution in [0.1, 0.15) is 12.5 Å². The van der Waals surface area contributed by atoms with Crippen molar-refractivity contribution in [1.82, 2.24) is 4.90 Å². The third-order valence-corrected chi connectivity index (χ3v) is 4.07. The fraction of sp³-hybridized carbons (Fsp3) is 0.571. The predicted molar refractivity (Wildman–Crippen MR) is 76.9 cm³/mol. The van der Waals surface area contributed by atoms with E-state index in [9.17, 15) is 0 Å². The van der Waals surface area contributed by atoms with Crippen molar-refractivity contribution in [2.24, 2.45) is 5.73 Å². The highest BCUT2D eigenvalue weighted by atomic mass is 32.2. The van der Waals surface area contributed by atoms with Gasteiger partial charge in [0.1, 0.15) is 0 Å². The molecular weight excluding hydrogens is 244 g/mol. The summed E-state index contributed by atoms with van der Waals surface area (Å²) in [6.45, 7) is 5.72. The average Bonchev–Trinajstić information content (AvgIpc) is 2.40. The fourth-order valence-corrected chi connectivity index (χ4v) is 2.59. The molecule has 1 aliphatic heterocycles. The summed E-state index contributed by atoms with van der Waals surface area (Å²) in [5.41, 5.74) is 7.27. The third-order valence-electron chi connectivity index (χ3n) is 3.33. The van der Waals surface area contributed by atoms with Gasteiger partial charge < -0.3 is 10.5 Å². The summed E-state index contributed by atoms with van der Waals surface area (Å²) in [5, 5.41) is 0. The highest BCUT2D eigenvalue weighted by molar-refractivity contribution is 7.98. The molecule has 1 aromatic rings. The fourth-order valence-electron chi connectivity index (χ4n) is 2.18. The Morgan fingerprint density at radius 3 is 2.78 bits per heavy atom. The van der Waals surface area contributed by atoms with E-state index in [0.29, 0.717) is 0 Å². The van der Waals surface area contributed by atoms with Gasteiger partial charge in [-0.2, -0.15) is 0 Å². The van der Waals surface area contributed by atoms with Gasteiger partial charge in [-0.1, -0.05) is 12.1 Å². The Bertz CT molecular complexity index is 367. The number of nitrogens with zero attached hydrogens (tertiary/aromatic N) is 1. The van der Waals surface area contributed by atoms with Gasteiger partial charge in [0.2, 0.25) is 0 Å². The van der Waals surface area contributed by atoms with Crippen LogP contribution in [0, 0.1) is 0 Å². The molecule has 1 fully saturated rings. The Morgan fingerprint density at radius 1 is 1.44 bits per heavy atom. The molecule has 2 atom stereocenters. The molecule has 0 saturated carbocycles. The zero-order chi connectivity index (χ0) is 13.0. The summed E-state index contributed by atoms with van der Waals surface area (Å²) in [4.78, 5) is 3.74. The maximum absolute atomic E-state index is 5.91. The minimum absolute atomic E-state index is 0.103. The lowest BCUT2D eigenvalue weighted by Gasteiger charge is -2.34. The lowest BCUT2D eigenvalue weighted by Crippen LogP contribution is -2.49. The van der Waals surface area contributed by atoms with Crippen molar-refractivity contribution in [1.29, 1.82) is 0 Å². The van der Waals surface area contributed by atoms with Crippen molar-refractivity contribution >= 4 is 11.8 Å². The van der Waals surface area contributed by atoms with Crippen LogP contribution in [0.15, 0.2) is 29.2 Å². The molecular formula is C14H22N2OS. The first-order valence-electron chi connectivity index (χ1n) is 6.41. The first-order chi connectivity index (χ1) is 8.69. The number of morpholine rings is 1. The van der Waals surface area contributed by atoms with Gasteiger partial charge in [0.05, 0.1) is 12.7 Å². The molecule has 0 aliphatic carbocycles. The van der Waals surface area contributed by atoms with Crippen LogP contribution >= 0.6 is 11.8 Å². The molecule has 2 unspecified atom stereocenters. The van der Waals surface area contributed by atoms with Gasteiger partial charge in [-0.25, -0.2) is 0 Å². The number of benzene rings is 1. The van der Waals surface area contributed by atoms with E-state index in [1.807, 2.05) is 6.92 Å². The van der Waals surface area contributed by atoms with Gasteiger partial charge in [0, 0.05) is 30.6 Å². The molecule has 1 aromatic carbocycles. The minimum Gasteiger partial charge on any atom is -0.374 e. The van der Waals surface area contributed by atoms with Gasteiger partial charge in [-0.15, -0.1) is 11.8 Å². The van der Waals surface area contributed by atoms with Crippen LogP contribution in [0.3, 0.4) is 0 Å². The van der Waals surface area contributed by atoms with Crippen LogP contribution in [0.2, 0.25) is 0 Å². The molecule has 1 saturated heterocycles. The van der Waals surface area contributed by atoms with Crippen molar-refractivity contribution in [3.05, 3.63) is 29.8 Å². The van der Waals surface area contributed by atoms with Crippen LogP contribution in [-0.4, -0.2) is 43.0 Å². The summed E-state index contributed by atoms with van der Waals surface area (Å²) in [6, 6.07) is 8.89. The second kappa shape index (κ2) is 6.57. The molecule has 2 N–H and O–H groups in total. The Kier molecular flexibility index (Phi) is 5.06. The van der Waals surface area contributed by atoms with E-state index in [1.54, 1.807) is 11.8 Å². The van der Waals surface area contributed by atoms with Crippen molar-refractivity contribution in [3.63, 3.8) is 0 Å². The largest absolute Gasteiger partial charge is 0.374 e. The second-order valence-corrected chi connectivity index (χ2v) is 5.73. The van der Waals surface area contributed by atoms with Crippen molar-refractivity contribution in [2.45, 2.75) is 30.5 Å². The zero-order valence-corrected chi connectivity index (χ0v) is 12.0. The maximum atomic E-state index is 5.91. The van der Waals surface area contributed by atoms with E-state index < -0.39 is 0 Å². The van der Waals surface area contributed by atoms with E-state index in [1.165, 1.54) is 10.5 Å². The lowest BCUT2D eigenvalue weighted by molar-refractivity contribution is -0.0403.